The average molecular weight is 405 g/mol. The van der Waals surface area contributed by atoms with Crippen LogP contribution in [0.3, 0.4) is 0 Å². The number of likely N-dealkylation sites (N-methyl/N-ethyl adjacent to an activating group) is 1. The maximum absolute atomic E-state index is 13.0. The lowest BCUT2D eigenvalue weighted by molar-refractivity contribution is -0.135. The lowest BCUT2D eigenvalue weighted by atomic mass is 9.82. The number of hydrogen-bond acceptors (Lipinski definition) is 5. The predicted molar refractivity (Wildman–Crippen MR) is 110 cm³/mol. The van der Waals surface area contributed by atoms with Gasteiger partial charge in [-0.1, -0.05) is 55.7 Å². The molecular weight excluding hydrogens is 382 g/mol. The van der Waals surface area contributed by atoms with Crippen molar-refractivity contribution in [2.24, 2.45) is 0 Å². The fourth-order valence-electron chi connectivity index (χ4n) is 4.29. The molecule has 1 saturated carbocycles. The fourth-order valence-corrected chi connectivity index (χ4v) is 4.29. The number of ether oxygens (including phenoxy) is 1. The van der Waals surface area contributed by atoms with Gasteiger partial charge in [-0.25, -0.2) is 4.79 Å². The Balaban J connectivity index is 1.52. The van der Waals surface area contributed by atoms with Crippen molar-refractivity contribution in [3.05, 3.63) is 70.3 Å². The quantitative estimate of drug-likeness (QED) is 0.622. The summed E-state index contributed by atoms with van der Waals surface area (Å²) in [6.45, 7) is -0.395. The summed E-state index contributed by atoms with van der Waals surface area (Å²) >= 11 is 0. The Morgan fingerprint density at radius 3 is 2.23 bits per heavy atom. The molecule has 4 rings (SSSR count). The molecule has 0 atom stereocenters. The highest BCUT2D eigenvalue weighted by molar-refractivity contribution is 6.30. The molecule has 2 aromatic carbocycles. The summed E-state index contributed by atoms with van der Waals surface area (Å²) in [5, 5.41) is 0. The maximum Gasteiger partial charge on any atom is 0.339 e. The smallest absolute Gasteiger partial charge is 0.339 e. The van der Waals surface area contributed by atoms with Crippen LogP contribution in [0.2, 0.25) is 0 Å². The summed E-state index contributed by atoms with van der Waals surface area (Å²) in [6.07, 6.45) is 5.28. The average Bonchev–Trinajstić information content (AvgIpc) is 2.80. The lowest BCUT2D eigenvalue weighted by Crippen LogP contribution is -2.40. The van der Waals surface area contributed by atoms with Gasteiger partial charge >= 0.3 is 5.97 Å². The van der Waals surface area contributed by atoms with Crippen LogP contribution in [-0.4, -0.2) is 48.0 Å². The minimum absolute atomic E-state index is 0.00784. The van der Waals surface area contributed by atoms with E-state index in [0.29, 0.717) is 5.56 Å². The van der Waals surface area contributed by atoms with Gasteiger partial charge in [0.2, 0.25) is 0 Å². The largest absolute Gasteiger partial charge is 0.452 e. The zero-order chi connectivity index (χ0) is 21.3. The molecule has 6 nitrogen and oxygen atoms in total. The molecular formula is C24H23NO5. The lowest BCUT2D eigenvalue weighted by Gasteiger charge is -2.31. The Labute approximate surface area is 174 Å². The van der Waals surface area contributed by atoms with Crippen molar-refractivity contribution in [1.82, 2.24) is 4.90 Å². The third-order valence-electron chi connectivity index (χ3n) is 6.01. The van der Waals surface area contributed by atoms with Gasteiger partial charge in [-0.05, 0) is 18.9 Å². The van der Waals surface area contributed by atoms with Gasteiger partial charge in [0, 0.05) is 35.3 Å². The molecule has 0 unspecified atom stereocenters. The molecule has 2 aliphatic carbocycles. The highest BCUT2D eigenvalue weighted by Crippen LogP contribution is 2.30. The molecule has 1 amide bonds. The molecule has 2 aromatic rings. The van der Waals surface area contributed by atoms with Crippen LogP contribution in [-0.2, 0) is 9.53 Å². The van der Waals surface area contributed by atoms with Crippen molar-refractivity contribution in [2.45, 2.75) is 38.1 Å². The van der Waals surface area contributed by atoms with E-state index in [2.05, 4.69) is 0 Å². The number of carbonyl (C=O) groups excluding carboxylic acids is 4. The molecule has 0 aromatic heterocycles. The van der Waals surface area contributed by atoms with Gasteiger partial charge in [-0.2, -0.15) is 0 Å². The zero-order valence-corrected chi connectivity index (χ0v) is 16.8. The molecule has 0 aliphatic heterocycles. The first-order chi connectivity index (χ1) is 14.5. The number of carbonyl (C=O) groups is 4. The molecule has 30 heavy (non-hydrogen) atoms. The van der Waals surface area contributed by atoms with Crippen molar-refractivity contribution in [3.8, 4) is 0 Å². The number of benzene rings is 2. The maximum atomic E-state index is 13.0. The Bertz CT molecular complexity index is 1040. The molecule has 1 fully saturated rings. The summed E-state index contributed by atoms with van der Waals surface area (Å²) in [6, 6.07) is 11.2. The summed E-state index contributed by atoms with van der Waals surface area (Å²) in [4.78, 5) is 52.6. The third-order valence-corrected chi connectivity index (χ3v) is 6.01. The summed E-state index contributed by atoms with van der Waals surface area (Å²) in [5.74, 6) is -1.74. The number of nitrogens with zero attached hydrogens (tertiary/aromatic N) is 1. The van der Waals surface area contributed by atoms with Gasteiger partial charge in [0.05, 0.1) is 5.56 Å². The SMILES string of the molecule is CN(C(=O)COC(=O)c1cccc2c1C(=O)c1ccccc1C2=O)C1CCCCC1. The normalized spacial score (nSPS) is 15.9. The van der Waals surface area contributed by atoms with Crippen molar-refractivity contribution >= 4 is 23.4 Å². The molecule has 0 spiro atoms. The predicted octanol–water partition coefficient (Wildman–Crippen LogP) is 3.41. The van der Waals surface area contributed by atoms with E-state index < -0.39 is 18.4 Å². The second-order valence-electron chi connectivity index (χ2n) is 7.80. The topological polar surface area (TPSA) is 80.8 Å². The van der Waals surface area contributed by atoms with Crippen LogP contribution >= 0.6 is 0 Å². The van der Waals surface area contributed by atoms with Gasteiger partial charge in [0.15, 0.2) is 18.2 Å². The fraction of sp³-hybridized carbons (Fsp3) is 0.333. The number of fused-ring (bicyclic) bond motifs is 2. The molecule has 0 heterocycles. The van der Waals surface area contributed by atoms with E-state index in [1.807, 2.05) is 0 Å². The van der Waals surface area contributed by atoms with E-state index in [0.717, 1.165) is 25.7 Å². The van der Waals surface area contributed by atoms with E-state index in [4.69, 9.17) is 4.74 Å². The molecule has 0 saturated heterocycles. The van der Waals surface area contributed by atoms with E-state index in [9.17, 15) is 19.2 Å². The van der Waals surface area contributed by atoms with E-state index in [1.54, 1.807) is 42.3 Å². The minimum atomic E-state index is -0.780. The number of esters is 1. The number of amides is 1. The number of ketones is 2. The van der Waals surface area contributed by atoms with Crippen molar-refractivity contribution in [2.75, 3.05) is 13.7 Å². The highest BCUT2D eigenvalue weighted by atomic mass is 16.5. The molecule has 154 valence electrons. The summed E-state index contributed by atoms with van der Waals surface area (Å²) < 4.78 is 5.25. The number of hydrogen-bond donors (Lipinski definition) is 0. The zero-order valence-electron chi connectivity index (χ0n) is 16.8. The van der Waals surface area contributed by atoms with E-state index in [-0.39, 0.29) is 40.0 Å². The number of rotatable bonds is 4. The molecule has 0 bridgehead atoms. The van der Waals surface area contributed by atoms with Crippen LogP contribution in [0.15, 0.2) is 42.5 Å². The molecule has 6 heteroatoms. The Morgan fingerprint density at radius 1 is 0.900 bits per heavy atom. The second kappa shape index (κ2) is 8.22. The van der Waals surface area contributed by atoms with Crippen LogP contribution in [0.1, 0.15) is 74.3 Å². The Morgan fingerprint density at radius 2 is 1.53 bits per heavy atom. The minimum Gasteiger partial charge on any atom is -0.452 e. The van der Waals surface area contributed by atoms with Crippen LogP contribution in [0.25, 0.3) is 0 Å². The van der Waals surface area contributed by atoms with Crippen molar-refractivity contribution in [3.63, 3.8) is 0 Å². The standard InChI is InChI=1S/C24H23NO5/c1-25(15-8-3-2-4-9-15)20(26)14-30-24(29)19-13-7-12-18-21(19)23(28)17-11-6-5-10-16(17)22(18)27/h5-7,10-13,15H,2-4,8-9,14H2,1H3. The first-order valence-corrected chi connectivity index (χ1v) is 10.2. The van der Waals surface area contributed by atoms with Crippen molar-refractivity contribution in [1.29, 1.82) is 0 Å². The van der Waals surface area contributed by atoms with Crippen LogP contribution < -0.4 is 0 Å². The highest BCUT2D eigenvalue weighted by Gasteiger charge is 2.33. The Kier molecular flexibility index (Phi) is 5.48. The van der Waals surface area contributed by atoms with Crippen molar-refractivity contribution < 1.29 is 23.9 Å². The summed E-state index contributed by atoms with van der Waals surface area (Å²) in [7, 11) is 1.73. The second-order valence-corrected chi connectivity index (χ2v) is 7.80. The first-order valence-electron chi connectivity index (χ1n) is 10.2. The van der Waals surface area contributed by atoms with E-state index >= 15 is 0 Å². The molecule has 2 aliphatic rings. The van der Waals surface area contributed by atoms with Crippen LogP contribution in [0.5, 0.6) is 0 Å². The summed E-state index contributed by atoms with van der Waals surface area (Å²) in [5.41, 5.74) is 0.819. The Hall–Kier alpha value is -3.28. The van der Waals surface area contributed by atoms with Gasteiger partial charge < -0.3 is 9.64 Å². The van der Waals surface area contributed by atoms with Gasteiger partial charge in [0.1, 0.15) is 0 Å². The first kappa shape index (κ1) is 20.0. The van der Waals surface area contributed by atoms with Gasteiger partial charge in [-0.15, -0.1) is 0 Å². The molecule has 0 radical (unpaired) electrons. The molecule has 0 N–H and O–H groups in total. The monoisotopic (exact) mass is 405 g/mol. The van der Waals surface area contributed by atoms with Crippen LogP contribution in [0.4, 0.5) is 0 Å². The van der Waals surface area contributed by atoms with Gasteiger partial charge in [0.25, 0.3) is 5.91 Å². The third kappa shape index (κ3) is 3.54. The van der Waals surface area contributed by atoms with E-state index in [1.165, 1.54) is 18.6 Å². The van der Waals surface area contributed by atoms with Gasteiger partial charge in [-0.3, -0.25) is 14.4 Å². The van der Waals surface area contributed by atoms with Crippen LogP contribution in [0, 0.1) is 0 Å².